The van der Waals surface area contributed by atoms with Gasteiger partial charge in [-0.1, -0.05) is 0 Å². The normalized spacial score (nSPS) is 9.55. The number of carbonyl (C=O) groups is 1. The first kappa shape index (κ1) is 7.65. The smallest absolute Gasteiger partial charge is 0.298 e. The standard InChI is InChI=1S/C7H8N2O2/c1-6(10)5-9-4-2-3-8-7(9)11/h2-4H,5H2,1H3. The van der Waals surface area contributed by atoms with Gasteiger partial charge in [0.15, 0.2) is 0 Å². The van der Waals surface area contributed by atoms with Gasteiger partial charge in [0.1, 0.15) is 5.78 Å². The number of carbonyl (C=O) groups excluding carboxylic acids is 1. The second-order valence-electron chi connectivity index (χ2n) is 2.23. The molecule has 11 heavy (non-hydrogen) atoms. The van der Waals surface area contributed by atoms with Gasteiger partial charge in [-0.3, -0.25) is 9.36 Å². The van der Waals surface area contributed by atoms with Gasteiger partial charge in [0.05, 0.1) is 6.54 Å². The summed E-state index contributed by atoms with van der Waals surface area (Å²) >= 11 is 0. The average molecular weight is 152 g/mol. The quantitative estimate of drug-likeness (QED) is 0.591. The SMILES string of the molecule is CC(=O)Cn1cccnc1=O. The molecule has 0 radical (unpaired) electrons. The summed E-state index contributed by atoms with van der Waals surface area (Å²) in [7, 11) is 0. The van der Waals surface area contributed by atoms with E-state index in [2.05, 4.69) is 4.98 Å². The lowest BCUT2D eigenvalue weighted by molar-refractivity contribution is -0.117. The lowest BCUT2D eigenvalue weighted by Crippen LogP contribution is -2.24. The van der Waals surface area contributed by atoms with Crippen LogP contribution in [0.2, 0.25) is 0 Å². The summed E-state index contributed by atoms with van der Waals surface area (Å²) in [5.41, 5.74) is -0.386. The fraction of sp³-hybridized carbons (Fsp3) is 0.286. The first-order valence-electron chi connectivity index (χ1n) is 3.21. The minimum atomic E-state index is -0.386. The maximum atomic E-state index is 10.9. The summed E-state index contributed by atoms with van der Waals surface area (Å²) in [6, 6.07) is 1.62. The van der Waals surface area contributed by atoms with Gasteiger partial charge in [-0.25, -0.2) is 9.78 Å². The monoisotopic (exact) mass is 152 g/mol. The first-order chi connectivity index (χ1) is 5.20. The van der Waals surface area contributed by atoms with E-state index in [0.29, 0.717) is 0 Å². The van der Waals surface area contributed by atoms with Crippen LogP contribution in [0.3, 0.4) is 0 Å². The molecule has 4 nitrogen and oxygen atoms in total. The Hall–Kier alpha value is -1.45. The molecule has 0 aliphatic rings. The minimum Gasteiger partial charge on any atom is -0.298 e. The molecule has 0 bridgehead atoms. The number of Topliss-reactive ketones (excluding diaryl/α,β-unsaturated/α-hetero) is 1. The highest BCUT2D eigenvalue weighted by molar-refractivity contribution is 5.75. The molecule has 0 atom stereocenters. The van der Waals surface area contributed by atoms with Crippen molar-refractivity contribution < 1.29 is 4.79 Å². The third-order valence-corrected chi connectivity index (χ3v) is 1.18. The highest BCUT2D eigenvalue weighted by Gasteiger charge is 1.96. The Morgan fingerprint density at radius 3 is 3.00 bits per heavy atom. The van der Waals surface area contributed by atoms with Crippen molar-refractivity contribution in [2.24, 2.45) is 0 Å². The molecule has 0 unspecified atom stereocenters. The summed E-state index contributed by atoms with van der Waals surface area (Å²) in [5, 5.41) is 0. The van der Waals surface area contributed by atoms with E-state index in [0.717, 1.165) is 0 Å². The van der Waals surface area contributed by atoms with E-state index in [4.69, 9.17) is 0 Å². The maximum absolute atomic E-state index is 10.9. The van der Waals surface area contributed by atoms with Crippen LogP contribution in [0.5, 0.6) is 0 Å². The molecule has 0 amide bonds. The van der Waals surface area contributed by atoms with Crippen molar-refractivity contribution in [3.63, 3.8) is 0 Å². The summed E-state index contributed by atoms with van der Waals surface area (Å²) in [6.07, 6.45) is 2.94. The van der Waals surface area contributed by atoms with Crippen LogP contribution in [0.4, 0.5) is 0 Å². The Kier molecular flexibility index (Phi) is 2.15. The third-order valence-electron chi connectivity index (χ3n) is 1.18. The molecule has 1 aromatic rings. The van der Waals surface area contributed by atoms with Crippen LogP contribution in [0.25, 0.3) is 0 Å². The molecule has 0 fully saturated rings. The molecule has 1 heterocycles. The van der Waals surface area contributed by atoms with Gasteiger partial charge in [0.2, 0.25) is 0 Å². The number of ketones is 1. The molecule has 0 N–H and O–H groups in total. The fourth-order valence-electron chi connectivity index (χ4n) is 0.747. The second-order valence-corrected chi connectivity index (χ2v) is 2.23. The number of nitrogens with zero attached hydrogens (tertiary/aromatic N) is 2. The van der Waals surface area contributed by atoms with Crippen LogP contribution < -0.4 is 5.69 Å². The lowest BCUT2D eigenvalue weighted by Gasteiger charge is -1.98. The zero-order chi connectivity index (χ0) is 8.27. The van der Waals surface area contributed by atoms with Crippen LogP contribution in [0.15, 0.2) is 23.3 Å². The maximum Gasteiger partial charge on any atom is 0.347 e. The summed E-state index contributed by atoms with van der Waals surface area (Å²) in [4.78, 5) is 24.9. The highest BCUT2D eigenvalue weighted by Crippen LogP contribution is 1.79. The van der Waals surface area contributed by atoms with Gasteiger partial charge in [-0.15, -0.1) is 0 Å². The average Bonchev–Trinajstić information content (AvgIpc) is 1.93. The Balaban J connectivity index is 2.95. The van der Waals surface area contributed by atoms with Gasteiger partial charge in [0.25, 0.3) is 0 Å². The largest absolute Gasteiger partial charge is 0.347 e. The molecule has 1 rings (SSSR count). The van der Waals surface area contributed by atoms with Crippen LogP contribution in [0, 0.1) is 0 Å². The van der Waals surface area contributed by atoms with E-state index >= 15 is 0 Å². The van der Waals surface area contributed by atoms with Crippen molar-refractivity contribution in [1.29, 1.82) is 0 Å². The predicted molar refractivity (Wildman–Crippen MR) is 39.2 cm³/mol. The van der Waals surface area contributed by atoms with Gasteiger partial charge < -0.3 is 0 Å². The van der Waals surface area contributed by atoms with Crippen LogP contribution in [-0.2, 0) is 11.3 Å². The topological polar surface area (TPSA) is 52.0 Å². The summed E-state index contributed by atoms with van der Waals surface area (Å²) in [6.45, 7) is 1.53. The number of aromatic nitrogens is 2. The molecular formula is C7H8N2O2. The van der Waals surface area contributed by atoms with E-state index in [-0.39, 0.29) is 18.0 Å². The zero-order valence-corrected chi connectivity index (χ0v) is 6.15. The van der Waals surface area contributed by atoms with E-state index in [1.54, 1.807) is 6.07 Å². The molecule has 4 heteroatoms. The molecule has 0 saturated heterocycles. The Bertz CT molecular complexity index is 316. The molecule has 0 aliphatic carbocycles. The molecule has 0 saturated carbocycles. The fourth-order valence-corrected chi connectivity index (χ4v) is 0.747. The third kappa shape index (κ3) is 2.00. The Morgan fingerprint density at radius 1 is 1.73 bits per heavy atom. The van der Waals surface area contributed by atoms with Gasteiger partial charge in [-0.2, -0.15) is 0 Å². The number of hydrogen-bond acceptors (Lipinski definition) is 3. The Labute approximate surface area is 63.5 Å². The molecular weight excluding hydrogens is 144 g/mol. The predicted octanol–water partition coefficient (Wildman–Crippen LogP) is -0.168. The van der Waals surface area contributed by atoms with Crippen LogP contribution in [-0.4, -0.2) is 15.3 Å². The molecule has 0 aliphatic heterocycles. The second kappa shape index (κ2) is 3.09. The van der Waals surface area contributed by atoms with Gasteiger partial charge in [-0.05, 0) is 13.0 Å². The van der Waals surface area contributed by atoms with Gasteiger partial charge >= 0.3 is 5.69 Å². The summed E-state index contributed by atoms with van der Waals surface area (Å²) in [5.74, 6) is -0.0555. The molecule has 1 aromatic heterocycles. The summed E-state index contributed by atoms with van der Waals surface area (Å²) < 4.78 is 1.27. The minimum absolute atomic E-state index is 0.0555. The molecule has 58 valence electrons. The first-order valence-corrected chi connectivity index (χ1v) is 3.21. The van der Waals surface area contributed by atoms with Crippen molar-refractivity contribution in [2.45, 2.75) is 13.5 Å². The van der Waals surface area contributed by atoms with Crippen molar-refractivity contribution in [2.75, 3.05) is 0 Å². The van der Waals surface area contributed by atoms with Crippen LogP contribution >= 0.6 is 0 Å². The number of rotatable bonds is 2. The van der Waals surface area contributed by atoms with Crippen molar-refractivity contribution in [1.82, 2.24) is 9.55 Å². The van der Waals surface area contributed by atoms with E-state index in [1.165, 1.54) is 23.9 Å². The van der Waals surface area contributed by atoms with Crippen molar-refractivity contribution in [3.8, 4) is 0 Å². The number of hydrogen-bond donors (Lipinski definition) is 0. The Morgan fingerprint density at radius 2 is 2.45 bits per heavy atom. The highest BCUT2D eigenvalue weighted by atomic mass is 16.1. The van der Waals surface area contributed by atoms with Crippen LogP contribution in [0.1, 0.15) is 6.92 Å². The van der Waals surface area contributed by atoms with Crippen molar-refractivity contribution >= 4 is 5.78 Å². The molecule has 0 spiro atoms. The zero-order valence-electron chi connectivity index (χ0n) is 6.15. The van der Waals surface area contributed by atoms with E-state index in [1.807, 2.05) is 0 Å². The van der Waals surface area contributed by atoms with E-state index < -0.39 is 0 Å². The molecule has 0 aromatic carbocycles. The van der Waals surface area contributed by atoms with E-state index in [9.17, 15) is 9.59 Å². The lowest BCUT2D eigenvalue weighted by atomic mass is 10.4. The van der Waals surface area contributed by atoms with Gasteiger partial charge in [0, 0.05) is 12.4 Å². The van der Waals surface area contributed by atoms with Crippen molar-refractivity contribution in [3.05, 3.63) is 28.9 Å².